The average Bonchev–Trinajstić information content (AvgIpc) is 2.55. The third-order valence-electron chi connectivity index (χ3n) is 5.24. The molecule has 3 nitrogen and oxygen atoms in total. The summed E-state index contributed by atoms with van der Waals surface area (Å²) in [7, 11) is 0. The molecule has 2 unspecified atom stereocenters. The maximum absolute atomic E-state index is 13.3. The molecular formula is C19H27FN2O. The zero-order chi connectivity index (χ0) is 16.2. The Balaban J connectivity index is 1.60. The smallest absolute Gasteiger partial charge is 0.227 e. The lowest BCUT2D eigenvalue weighted by molar-refractivity contribution is -0.140. The van der Waals surface area contributed by atoms with Gasteiger partial charge in [0.15, 0.2) is 0 Å². The van der Waals surface area contributed by atoms with Gasteiger partial charge in [0.1, 0.15) is 5.82 Å². The van der Waals surface area contributed by atoms with Crippen molar-refractivity contribution in [2.45, 2.75) is 51.6 Å². The summed E-state index contributed by atoms with van der Waals surface area (Å²) >= 11 is 0. The predicted molar refractivity (Wildman–Crippen MR) is 89.4 cm³/mol. The van der Waals surface area contributed by atoms with Crippen molar-refractivity contribution in [2.24, 2.45) is 5.92 Å². The summed E-state index contributed by atoms with van der Waals surface area (Å²) < 4.78 is 13.3. The first-order valence-corrected chi connectivity index (χ1v) is 8.91. The molecule has 0 bridgehead atoms. The van der Waals surface area contributed by atoms with Crippen LogP contribution in [0.1, 0.15) is 44.6 Å². The molecule has 23 heavy (non-hydrogen) atoms. The van der Waals surface area contributed by atoms with Crippen molar-refractivity contribution in [3.05, 3.63) is 35.6 Å². The van der Waals surface area contributed by atoms with Crippen molar-refractivity contribution in [3.8, 4) is 0 Å². The molecule has 3 rings (SSSR count). The Bertz CT molecular complexity index is 548. The highest BCUT2D eigenvalue weighted by molar-refractivity contribution is 5.79. The maximum Gasteiger partial charge on any atom is 0.227 e. The van der Waals surface area contributed by atoms with E-state index in [1.165, 1.54) is 12.5 Å². The van der Waals surface area contributed by atoms with E-state index < -0.39 is 0 Å². The minimum Gasteiger partial charge on any atom is -0.340 e. The Hall–Kier alpha value is -1.42. The number of likely N-dealkylation sites (tertiary alicyclic amines) is 2. The summed E-state index contributed by atoms with van der Waals surface area (Å²) in [5.74, 6) is 0.258. The van der Waals surface area contributed by atoms with Crippen molar-refractivity contribution >= 4 is 5.91 Å². The fraction of sp³-hybridized carbons (Fsp3) is 0.632. The largest absolute Gasteiger partial charge is 0.340 e. The molecule has 2 atom stereocenters. The Morgan fingerprint density at radius 1 is 1.22 bits per heavy atom. The lowest BCUT2D eigenvalue weighted by Gasteiger charge is -2.39. The standard InChI is InChI=1S/C19H27FN2O/c1-15-6-2-3-11-22(15)19(23)17-8-5-10-21(14-17)13-16-7-4-9-18(20)12-16/h4,7,9,12,15,17H,2-3,5-6,8,10-11,13-14H2,1H3. The van der Waals surface area contributed by atoms with E-state index in [0.717, 1.165) is 57.4 Å². The number of nitrogens with zero attached hydrogens (tertiary/aromatic N) is 2. The summed E-state index contributed by atoms with van der Waals surface area (Å²) in [6, 6.07) is 7.17. The monoisotopic (exact) mass is 318 g/mol. The van der Waals surface area contributed by atoms with Gasteiger partial charge in [0.25, 0.3) is 0 Å². The van der Waals surface area contributed by atoms with Gasteiger partial charge >= 0.3 is 0 Å². The molecule has 0 aliphatic carbocycles. The minimum absolute atomic E-state index is 0.109. The molecule has 0 spiro atoms. The number of carbonyl (C=O) groups is 1. The molecule has 4 heteroatoms. The predicted octanol–water partition coefficient (Wildman–Crippen LogP) is 3.44. The van der Waals surface area contributed by atoms with Crippen molar-refractivity contribution in [3.63, 3.8) is 0 Å². The number of benzene rings is 1. The topological polar surface area (TPSA) is 23.6 Å². The summed E-state index contributed by atoms with van der Waals surface area (Å²) in [5, 5.41) is 0. The second-order valence-electron chi connectivity index (χ2n) is 7.08. The Morgan fingerprint density at radius 3 is 2.87 bits per heavy atom. The van der Waals surface area contributed by atoms with E-state index in [2.05, 4.69) is 16.7 Å². The molecule has 2 heterocycles. The molecule has 0 N–H and O–H groups in total. The van der Waals surface area contributed by atoms with Crippen LogP contribution in [0.25, 0.3) is 0 Å². The van der Waals surface area contributed by atoms with Crippen LogP contribution in [-0.2, 0) is 11.3 Å². The molecule has 1 aromatic rings. The van der Waals surface area contributed by atoms with E-state index in [1.54, 1.807) is 12.1 Å². The summed E-state index contributed by atoms with van der Waals surface area (Å²) in [6.45, 7) is 5.62. The number of hydrogen-bond donors (Lipinski definition) is 0. The number of carbonyl (C=O) groups excluding carboxylic acids is 1. The van der Waals surface area contributed by atoms with Crippen LogP contribution >= 0.6 is 0 Å². The zero-order valence-electron chi connectivity index (χ0n) is 14.0. The summed E-state index contributed by atoms with van der Waals surface area (Å²) in [5.41, 5.74) is 0.990. The van der Waals surface area contributed by atoms with Crippen LogP contribution in [0.5, 0.6) is 0 Å². The van der Waals surface area contributed by atoms with E-state index in [4.69, 9.17) is 0 Å². The van der Waals surface area contributed by atoms with Crippen LogP contribution in [0.2, 0.25) is 0 Å². The zero-order valence-corrected chi connectivity index (χ0v) is 14.0. The molecule has 2 aliphatic rings. The van der Waals surface area contributed by atoms with Crippen molar-refractivity contribution in [1.29, 1.82) is 0 Å². The normalized spacial score (nSPS) is 26.3. The highest BCUT2D eigenvalue weighted by Gasteiger charge is 2.32. The van der Waals surface area contributed by atoms with Crippen LogP contribution in [0, 0.1) is 11.7 Å². The first-order valence-electron chi connectivity index (χ1n) is 8.91. The second kappa shape index (κ2) is 7.43. The Labute approximate surface area is 138 Å². The Kier molecular flexibility index (Phi) is 5.31. The molecule has 0 saturated carbocycles. The SMILES string of the molecule is CC1CCCCN1C(=O)C1CCCN(Cc2cccc(F)c2)C1. The van der Waals surface area contributed by atoms with Crippen LogP contribution in [0.3, 0.4) is 0 Å². The fourth-order valence-corrected chi connectivity index (χ4v) is 3.95. The van der Waals surface area contributed by atoms with Gasteiger partial charge in [-0.15, -0.1) is 0 Å². The van der Waals surface area contributed by atoms with Crippen LogP contribution in [0.15, 0.2) is 24.3 Å². The van der Waals surface area contributed by atoms with Gasteiger partial charge in [0, 0.05) is 25.7 Å². The minimum atomic E-state index is -0.186. The Morgan fingerprint density at radius 2 is 2.09 bits per heavy atom. The summed E-state index contributed by atoms with van der Waals surface area (Å²) in [6.07, 6.45) is 5.54. The van der Waals surface area contributed by atoms with Crippen LogP contribution < -0.4 is 0 Å². The molecule has 2 aliphatic heterocycles. The number of piperidine rings is 2. The molecule has 2 fully saturated rings. The fourth-order valence-electron chi connectivity index (χ4n) is 3.95. The maximum atomic E-state index is 13.3. The third-order valence-corrected chi connectivity index (χ3v) is 5.24. The first kappa shape index (κ1) is 16.4. The highest BCUT2D eigenvalue weighted by atomic mass is 19.1. The van der Waals surface area contributed by atoms with Gasteiger partial charge in [0.05, 0.1) is 5.92 Å². The van der Waals surface area contributed by atoms with Gasteiger partial charge in [-0.2, -0.15) is 0 Å². The molecule has 1 amide bonds. The number of rotatable bonds is 3. The molecule has 1 aromatic carbocycles. The van der Waals surface area contributed by atoms with Crippen molar-refractivity contribution < 1.29 is 9.18 Å². The van der Waals surface area contributed by atoms with E-state index in [1.807, 2.05) is 6.07 Å². The lowest BCUT2D eigenvalue weighted by atomic mass is 9.93. The first-order chi connectivity index (χ1) is 11.1. The van der Waals surface area contributed by atoms with Crippen LogP contribution in [-0.4, -0.2) is 41.4 Å². The number of amides is 1. The molecule has 0 aromatic heterocycles. The lowest BCUT2D eigenvalue weighted by Crippen LogP contribution is -2.49. The van der Waals surface area contributed by atoms with Gasteiger partial charge < -0.3 is 4.90 Å². The van der Waals surface area contributed by atoms with Gasteiger partial charge in [-0.25, -0.2) is 4.39 Å². The third kappa shape index (κ3) is 4.11. The molecule has 2 saturated heterocycles. The number of hydrogen-bond acceptors (Lipinski definition) is 2. The summed E-state index contributed by atoms with van der Waals surface area (Å²) in [4.78, 5) is 17.3. The van der Waals surface area contributed by atoms with Crippen molar-refractivity contribution in [1.82, 2.24) is 9.80 Å². The van der Waals surface area contributed by atoms with Gasteiger partial charge in [-0.3, -0.25) is 9.69 Å². The average molecular weight is 318 g/mol. The van der Waals surface area contributed by atoms with Crippen molar-refractivity contribution in [2.75, 3.05) is 19.6 Å². The highest BCUT2D eigenvalue weighted by Crippen LogP contribution is 2.25. The van der Waals surface area contributed by atoms with E-state index in [-0.39, 0.29) is 11.7 Å². The van der Waals surface area contributed by atoms with E-state index in [0.29, 0.717) is 11.9 Å². The quantitative estimate of drug-likeness (QED) is 0.852. The van der Waals surface area contributed by atoms with E-state index in [9.17, 15) is 9.18 Å². The van der Waals surface area contributed by atoms with Gasteiger partial charge in [-0.05, 0) is 63.3 Å². The van der Waals surface area contributed by atoms with Gasteiger partial charge in [0.2, 0.25) is 5.91 Å². The molecule has 126 valence electrons. The number of halogens is 1. The molecular weight excluding hydrogens is 291 g/mol. The molecule has 0 radical (unpaired) electrons. The van der Waals surface area contributed by atoms with Crippen LogP contribution in [0.4, 0.5) is 4.39 Å². The van der Waals surface area contributed by atoms with E-state index >= 15 is 0 Å². The van der Waals surface area contributed by atoms with Gasteiger partial charge in [-0.1, -0.05) is 12.1 Å². The second-order valence-corrected chi connectivity index (χ2v) is 7.08.